The molecule has 7 atom stereocenters. The van der Waals surface area contributed by atoms with Crippen LogP contribution in [0.5, 0.6) is 0 Å². The first-order valence-corrected chi connectivity index (χ1v) is 37.2. The molecule has 0 radical (unpaired) electrons. The summed E-state index contributed by atoms with van der Waals surface area (Å²) in [4.78, 5) is 13.2. The molecular formula is C75H143NO8. The summed E-state index contributed by atoms with van der Waals surface area (Å²) >= 11 is 0. The molecule has 0 aromatic heterocycles. The van der Waals surface area contributed by atoms with E-state index in [1.807, 2.05) is 0 Å². The molecule has 1 aliphatic rings. The van der Waals surface area contributed by atoms with Crippen LogP contribution in [0.1, 0.15) is 380 Å². The third-order valence-electron chi connectivity index (χ3n) is 18.0. The van der Waals surface area contributed by atoms with Crippen LogP contribution in [-0.4, -0.2) is 87.5 Å². The lowest BCUT2D eigenvalue weighted by molar-refractivity contribution is -0.302. The number of carbonyl (C=O) groups excluding carboxylic acids is 1. The Kier molecular flexibility index (Phi) is 61.7. The monoisotopic (exact) mass is 1190 g/mol. The molecule has 0 spiro atoms. The van der Waals surface area contributed by atoms with E-state index >= 15 is 0 Å². The fraction of sp³-hybridized carbons (Fsp3) is 0.907. The van der Waals surface area contributed by atoms with E-state index in [-0.39, 0.29) is 12.5 Å². The van der Waals surface area contributed by atoms with Crippen LogP contribution in [0.4, 0.5) is 0 Å². The molecule has 9 heteroatoms. The van der Waals surface area contributed by atoms with Gasteiger partial charge in [-0.1, -0.05) is 359 Å². The van der Waals surface area contributed by atoms with Gasteiger partial charge >= 0.3 is 0 Å². The first-order chi connectivity index (χ1) is 41.3. The molecule has 1 rings (SSSR count). The number of allylic oxidation sites excluding steroid dienone is 6. The van der Waals surface area contributed by atoms with Crippen molar-refractivity contribution in [2.45, 2.75) is 423 Å². The van der Waals surface area contributed by atoms with Gasteiger partial charge in [-0.05, 0) is 51.4 Å². The predicted molar refractivity (Wildman–Crippen MR) is 360 cm³/mol. The van der Waals surface area contributed by atoms with Crippen molar-refractivity contribution in [3.8, 4) is 0 Å². The van der Waals surface area contributed by atoms with E-state index in [9.17, 15) is 30.3 Å². The number of aliphatic hydroxyl groups is 5. The molecule has 0 aromatic rings. The van der Waals surface area contributed by atoms with E-state index in [0.717, 1.165) is 51.4 Å². The normalized spacial score (nSPS) is 18.3. The van der Waals surface area contributed by atoms with Crippen LogP contribution in [0.2, 0.25) is 0 Å². The molecule has 0 bridgehead atoms. The Labute approximate surface area is 521 Å². The van der Waals surface area contributed by atoms with Crippen LogP contribution >= 0.6 is 0 Å². The zero-order chi connectivity index (χ0) is 60.7. The third-order valence-corrected chi connectivity index (χ3v) is 18.0. The number of carbonyl (C=O) groups is 1. The molecule has 1 aliphatic heterocycles. The molecule has 1 heterocycles. The topological polar surface area (TPSA) is 149 Å². The Bertz CT molecular complexity index is 1420. The molecule has 1 amide bonds. The van der Waals surface area contributed by atoms with Crippen LogP contribution in [-0.2, 0) is 14.3 Å². The van der Waals surface area contributed by atoms with Crippen molar-refractivity contribution in [1.29, 1.82) is 0 Å². The van der Waals surface area contributed by atoms with E-state index in [1.165, 1.54) is 302 Å². The van der Waals surface area contributed by atoms with Crippen LogP contribution in [0.25, 0.3) is 0 Å². The summed E-state index contributed by atoms with van der Waals surface area (Å²) in [5, 5.41) is 55.0. The van der Waals surface area contributed by atoms with Crippen molar-refractivity contribution >= 4 is 5.91 Å². The van der Waals surface area contributed by atoms with Gasteiger partial charge < -0.3 is 40.3 Å². The Hall–Kier alpha value is -1.59. The quantitative estimate of drug-likeness (QED) is 0.0261. The highest BCUT2D eigenvalue weighted by atomic mass is 16.7. The summed E-state index contributed by atoms with van der Waals surface area (Å²) in [6, 6.07) is -0.719. The number of hydrogen-bond acceptors (Lipinski definition) is 8. The number of nitrogens with one attached hydrogen (secondary N) is 1. The largest absolute Gasteiger partial charge is 0.394 e. The smallest absolute Gasteiger partial charge is 0.220 e. The fourth-order valence-corrected chi connectivity index (χ4v) is 12.2. The van der Waals surface area contributed by atoms with Gasteiger partial charge in [0.1, 0.15) is 24.4 Å². The van der Waals surface area contributed by atoms with Gasteiger partial charge in [0.25, 0.3) is 0 Å². The molecule has 0 saturated carbocycles. The molecule has 1 saturated heterocycles. The second-order valence-corrected chi connectivity index (χ2v) is 26.1. The summed E-state index contributed by atoms with van der Waals surface area (Å²) in [5.41, 5.74) is 0. The van der Waals surface area contributed by atoms with Gasteiger partial charge in [0.2, 0.25) is 5.91 Å². The van der Waals surface area contributed by atoms with E-state index in [4.69, 9.17) is 9.47 Å². The summed E-state index contributed by atoms with van der Waals surface area (Å²) in [6.07, 6.45) is 79.4. The van der Waals surface area contributed by atoms with Crippen molar-refractivity contribution in [2.24, 2.45) is 0 Å². The lowest BCUT2D eigenvalue weighted by Gasteiger charge is -2.40. The van der Waals surface area contributed by atoms with Crippen molar-refractivity contribution < 1.29 is 39.8 Å². The standard InChI is InChI=1S/C75H143NO8/c1-3-5-7-9-11-13-15-17-19-21-23-25-27-29-30-31-32-33-34-35-36-37-38-39-40-41-43-45-47-49-51-53-55-57-59-61-63-65-71(79)76-68(67-83-75-74(82)73(81)72(80)70(66-77)84-75)69(78)64-62-60-58-56-54-52-50-48-46-44-42-28-26-24-22-20-18-16-14-12-10-8-6-4-2/h15,17,21,23,27,29,68-70,72-75,77-78,80-82H,3-14,16,18-20,22,24-26,28,30-67H2,1-2H3,(H,76,79)/b17-15-,23-21-,29-27-. The van der Waals surface area contributed by atoms with Crippen molar-refractivity contribution in [1.82, 2.24) is 5.32 Å². The highest BCUT2D eigenvalue weighted by Crippen LogP contribution is 2.24. The van der Waals surface area contributed by atoms with Gasteiger partial charge in [-0.25, -0.2) is 0 Å². The van der Waals surface area contributed by atoms with Crippen LogP contribution in [0.15, 0.2) is 36.5 Å². The van der Waals surface area contributed by atoms with Crippen LogP contribution < -0.4 is 5.32 Å². The molecular weight excluding hydrogens is 1040 g/mol. The molecule has 0 aromatic carbocycles. The molecule has 1 fully saturated rings. The fourth-order valence-electron chi connectivity index (χ4n) is 12.2. The Morgan fingerprint density at radius 2 is 0.702 bits per heavy atom. The maximum Gasteiger partial charge on any atom is 0.220 e. The zero-order valence-electron chi connectivity index (χ0n) is 55.7. The molecule has 496 valence electrons. The first-order valence-electron chi connectivity index (χ1n) is 37.2. The Morgan fingerprint density at radius 1 is 0.405 bits per heavy atom. The summed E-state index contributed by atoms with van der Waals surface area (Å²) < 4.78 is 11.4. The second-order valence-electron chi connectivity index (χ2n) is 26.1. The van der Waals surface area contributed by atoms with Crippen molar-refractivity contribution in [3.63, 3.8) is 0 Å². The van der Waals surface area contributed by atoms with E-state index in [2.05, 4.69) is 55.6 Å². The predicted octanol–water partition coefficient (Wildman–Crippen LogP) is 20.6. The van der Waals surface area contributed by atoms with Gasteiger partial charge in [0.05, 0.1) is 25.4 Å². The van der Waals surface area contributed by atoms with E-state index < -0.39 is 49.5 Å². The summed E-state index contributed by atoms with van der Waals surface area (Å²) in [6.45, 7) is 3.88. The number of aliphatic hydroxyl groups excluding tert-OH is 5. The second kappa shape index (κ2) is 64.4. The minimum absolute atomic E-state index is 0.133. The van der Waals surface area contributed by atoms with E-state index in [0.29, 0.717) is 12.8 Å². The zero-order valence-corrected chi connectivity index (χ0v) is 55.7. The van der Waals surface area contributed by atoms with Gasteiger partial charge in [-0.3, -0.25) is 4.79 Å². The molecule has 6 N–H and O–H groups in total. The van der Waals surface area contributed by atoms with Crippen molar-refractivity contribution in [3.05, 3.63) is 36.5 Å². The maximum absolute atomic E-state index is 13.2. The van der Waals surface area contributed by atoms with Gasteiger partial charge in [-0.15, -0.1) is 0 Å². The first kappa shape index (κ1) is 80.4. The number of amides is 1. The van der Waals surface area contributed by atoms with Gasteiger partial charge in [-0.2, -0.15) is 0 Å². The lowest BCUT2D eigenvalue weighted by Crippen LogP contribution is -2.60. The number of unbranched alkanes of at least 4 members (excludes halogenated alkanes) is 50. The van der Waals surface area contributed by atoms with Crippen LogP contribution in [0.3, 0.4) is 0 Å². The minimum Gasteiger partial charge on any atom is -0.394 e. The highest BCUT2D eigenvalue weighted by molar-refractivity contribution is 5.76. The summed E-state index contributed by atoms with van der Waals surface area (Å²) in [5.74, 6) is -0.136. The lowest BCUT2D eigenvalue weighted by atomic mass is 9.99. The Balaban J connectivity index is 2.06. The average Bonchev–Trinajstić information content (AvgIpc) is 3.70. The van der Waals surface area contributed by atoms with E-state index in [1.54, 1.807) is 0 Å². The minimum atomic E-state index is -1.55. The number of ether oxygens (including phenoxy) is 2. The number of rotatable bonds is 66. The molecule has 84 heavy (non-hydrogen) atoms. The molecule has 9 nitrogen and oxygen atoms in total. The molecule has 7 unspecified atom stereocenters. The average molecular weight is 1190 g/mol. The van der Waals surface area contributed by atoms with Crippen LogP contribution in [0, 0.1) is 0 Å². The Morgan fingerprint density at radius 3 is 1.04 bits per heavy atom. The maximum atomic E-state index is 13.2. The SMILES string of the molecule is CCCCCCC/C=C\C/C=C\C/C=C\CCCCCCCCCCCCCCCCCCCCCCCCC(=O)NC(COC1OC(CO)C(O)C(O)C1O)C(O)CCCCCCCCCCCCCCCCCCCCCCCCCC. The summed E-state index contributed by atoms with van der Waals surface area (Å²) in [7, 11) is 0. The highest BCUT2D eigenvalue weighted by Gasteiger charge is 2.44. The molecule has 0 aliphatic carbocycles. The van der Waals surface area contributed by atoms with Gasteiger partial charge in [0.15, 0.2) is 6.29 Å². The third kappa shape index (κ3) is 52.4. The number of hydrogen-bond donors (Lipinski definition) is 6. The van der Waals surface area contributed by atoms with Gasteiger partial charge in [0, 0.05) is 6.42 Å². The van der Waals surface area contributed by atoms with Crippen molar-refractivity contribution in [2.75, 3.05) is 13.2 Å².